The molecule has 1 saturated heterocycles. The largest absolute Gasteiger partial charge is 0.355 e. The fourth-order valence-corrected chi connectivity index (χ4v) is 2.21. The molecule has 5 heteroatoms. The predicted octanol–water partition coefficient (Wildman–Crippen LogP) is 0.402. The van der Waals surface area contributed by atoms with Crippen molar-refractivity contribution in [2.24, 2.45) is 0 Å². The Balaban J connectivity index is 2.16. The second-order valence-corrected chi connectivity index (χ2v) is 6.19. The third-order valence-corrected chi connectivity index (χ3v) is 4.41. The summed E-state index contributed by atoms with van der Waals surface area (Å²) in [4.78, 5) is 11.7. The lowest BCUT2D eigenvalue weighted by atomic mass is 10.0. The maximum absolute atomic E-state index is 11.7. The number of amides is 1. The Morgan fingerprint density at radius 1 is 1.56 bits per heavy atom. The molecule has 2 unspecified atom stereocenters. The zero-order chi connectivity index (χ0) is 12.0. The average molecular weight is 246 g/mol. The Kier molecular flexibility index (Phi) is 5.98. The topological polar surface area (TPSA) is 58.2 Å². The third kappa shape index (κ3) is 4.61. The minimum atomic E-state index is -0.797. The monoisotopic (exact) mass is 246 g/mol. The number of carbonyl (C=O) groups is 1. The molecule has 0 bridgehead atoms. The van der Waals surface area contributed by atoms with Gasteiger partial charge < -0.3 is 10.6 Å². The van der Waals surface area contributed by atoms with Gasteiger partial charge in [0.25, 0.3) is 0 Å². The van der Waals surface area contributed by atoms with Crippen molar-refractivity contribution < 1.29 is 9.00 Å². The summed E-state index contributed by atoms with van der Waals surface area (Å²) in [6.45, 7) is 3.51. The lowest BCUT2D eigenvalue weighted by Gasteiger charge is -2.22. The predicted molar refractivity (Wildman–Crippen MR) is 66.8 cm³/mol. The van der Waals surface area contributed by atoms with Crippen molar-refractivity contribution in [1.29, 1.82) is 0 Å². The molecular formula is C11H22N2O2S. The van der Waals surface area contributed by atoms with Crippen LogP contribution in [0.4, 0.5) is 0 Å². The van der Waals surface area contributed by atoms with Crippen LogP contribution in [0.1, 0.15) is 32.6 Å². The van der Waals surface area contributed by atoms with Crippen molar-refractivity contribution in [2.75, 3.05) is 19.3 Å². The highest BCUT2D eigenvalue weighted by atomic mass is 32.2. The highest BCUT2D eigenvalue weighted by Crippen LogP contribution is 2.06. The summed E-state index contributed by atoms with van der Waals surface area (Å²) in [6.07, 6.45) is 5.70. The van der Waals surface area contributed by atoms with Gasteiger partial charge in [-0.15, -0.1) is 0 Å². The third-order valence-electron chi connectivity index (χ3n) is 3.04. The summed E-state index contributed by atoms with van der Waals surface area (Å²) < 4.78 is 11.1. The molecule has 0 aromatic rings. The van der Waals surface area contributed by atoms with Crippen molar-refractivity contribution in [3.8, 4) is 0 Å². The molecule has 1 fully saturated rings. The number of rotatable bonds is 5. The molecule has 4 nitrogen and oxygen atoms in total. The minimum Gasteiger partial charge on any atom is -0.355 e. The fraction of sp³-hybridized carbons (Fsp3) is 0.909. The van der Waals surface area contributed by atoms with Gasteiger partial charge in [0.15, 0.2) is 0 Å². The van der Waals surface area contributed by atoms with Gasteiger partial charge >= 0.3 is 0 Å². The summed E-state index contributed by atoms with van der Waals surface area (Å²) >= 11 is 0. The summed E-state index contributed by atoms with van der Waals surface area (Å²) in [5.74, 6) is 0.0915. The summed E-state index contributed by atoms with van der Waals surface area (Å²) in [6, 6.07) is -0.0174. The van der Waals surface area contributed by atoms with Gasteiger partial charge in [-0.3, -0.25) is 9.00 Å². The first kappa shape index (κ1) is 13.6. The smallest absolute Gasteiger partial charge is 0.237 e. The van der Waals surface area contributed by atoms with Gasteiger partial charge in [-0.05, 0) is 25.8 Å². The first-order chi connectivity index (χ1) is 7.61. The molecule has 0 aliphatic carbocycles. The van der Waals surface area contributed by atoms with E-state index in [2.05, 4.69) is 10.6 Å². The standard InChI is InChI=1S/C11H22N2O2S/c1-9(16(2)15)6-8-13-11(14)10-5-3-4-7-12-10/h9-10,12H,3-8H2,1-2H3,(H,13,14)/t9?,10-,16?/m1/s1. The Bertz CT molecular complexity index is 252. The lowest BCUT2D eigenvalue weighted by molar-refractivity contribution is -0.123. The maximum atomic E-state index is 11.7. The summed E-state index contributed by atoms with van der Waals surface area (Å²) in [7, 11) is -0.797. The Labute approximate surface area is 100 Å². The van der Waals surface area contributed by atoms with Crippen LogP contribution in [0.2, 0.25) is 0 Å². The molecule has 1 aliphatic heterocycles. The Morgan fingerprint density at radius 3 is 2.88 bits per heavy atom. The molecule has 1 amide bonds. The Hall–Kier alpha value is -0.420. The molecule has 1 aliphatic rings. The SMILES string of the molecule is CC(CCNC(=O)[C@H]1CCCCN1)S(C)=O. The summed E-state index contributed by atoms with van der Waals surface area (Å²) in [5.41, 5.74) is 0. The van der Waals surface area contributed by atoms with Crippen LogP contribution in [0.25, 0.3) is 0 Å². The van der Waals surface area contributed by atoms with E-state index in [1.165, 1.54) is 0 Å². The van der Waals surface area contributed by atoms with Crippen LogP contribution >= 0.6 is 0 Å². The number of hydrogen-bond acceptors (Lipinski definition) is 3. The number of hydrogen-bond donors (Lipinski definition) is 2. The molecular weight excluding hydrogens is 224 g/mol. The van der Waals surface area contributed by atoms with Crippen LogP contribution in [-0.4, -0.2) is 40.8 Å². The van der Waals surface area contributed by atoms with E-state index in [-0.39, 0.29) is 17.2 Å². The molecule has 94 valence electrons. The molecule has 1 heterocycles. The molecule has 16 heavy (non-hydrogen) atoms. The first-order valence-corrected chi connectivity index (χ1v) is 7.56. The van der Waals surface area contributed by atoms with E-state index in [0.717, 1.165) is 32.2 Å². The van der Waals surface area contributed by atoms with Crippen LogP contribution in [0.15, 0.2) is 0 Å². The van der Waals surface area contributed by atoms with Crippen molar-refractivity contribution >= 4 is 16.7 Å². The molecule has 0 saturated carbocycles. The highest BCUT2D eigenvalue weighted by Gasteiger charge is 2.19. The van der Waals surface area contributed by atoms with E-state index in [1.807, 2.05) is 6.92 Å². The number of carbonyl (C=O) groups excluding carboxylic acids is 1. The minimum absolute atomic E-state index is 0.0174. The van der Waals surface area contributed by atoms with Gasteiger partial charge in [0, 0.05) is 28.9 Å². The van der Waals surface area contributed by atoms with Gasteiger partial charge in [-0.2, -0.15) is 0 Å². The van der Waals surface area contributed by atoms with E-state index >= 15 is 0 Å². The van der Waals surface area contributed by atoms with Crippen LogP contribution in [0, 0.1) is 0 Å². The van der Waals surface area contributed by atoms with Gasteiger partial charge in [0.05, 0.1) is 6.04 Å². The maximum Gasteiger partial charge on any atom is 0.237 e. The van der Waals surface area contributed by atoms with Crippen LogP contribution < -0.4 is 10.6 Å². The summed E-state index contributed by atoms with van der Waals surface area (Å²) in [5, 5.41) is 6.26. The van der Waals surface area contributed by atoms with Crippen LogP contribution in [-0.2, 0) is 15.6 Å². The molecule has 0 spiro atoms. The van der Waals surface area contributed by atoms with E-state index in [4.69, 9.17) is 0 Å². The van der Waals surface area contributed by atoms with Gasteiger partial charge in [0.1, 0.15) is 0 Å². The molecule has 0 radical (unpaired) electrons. The fourth-order valence-electron chi connectivity index (χ4n) is 1.76. The zero-order valence-electron chi connectivity index (χ0n) is 10.1. The zero-order valence-corrected chi connectivity index (χ0v) is 10.9. The van der Waals surface area contributed by atoms with Crippen molar-refractivity contribution in [3.05, 3.63) is 0 Å². The van der Waals surface area contributed by atoms with E-state index in [9.17, 15) is 9.00 Å². The van der Waals surface area contributed by atoms with Gasteiger partial charge in [-0.25, -0.2) is 0 Å². The Morgan fingerprint density at radius 2 is 2.31 bits per heavy atom. The first-order valence-electron chi connectivity index (χ1n) is 5.94. The number of piperidine rings is 1. The van der Waals surface area contributed by atoms with E-state index in [0.29, 0.717) is 6.54 Å². The van der Waals surface area contributed by atoms with E-state index in [1.54, 1.807) is 6.26 Å². The normalized spacial score (nSPS) is 24.8. The highest BCUT2D eigenvalue weighted by molar-refractivity contribution is 7.84. The molecule has 0 aromatic heterocycles. The molecule has 3 atom stereocenters. The second-order valence-electron chi connectivity index (χ2n) is 4.39. The lowest BCUT2D eigenvalue weighted by Crippen LogP contribution is -2.47. The van der Waals surface area contributed by atoms with Crippen molar-refractivity contribution in [3.63, 3.8) is 0 Å². The van der Waals surface area contributed by atoms with Crippen molar-refractivity contribution in [2.45, 2.75) is 43.9 Å². The van der Waals surface area contributed by atoms with E-state index < -0.39 is 10.8 Å². The van der Waals surface area contributed by atoms with Crippen LogP contribution in [0.3, 0.4) is 0 Å². The van der Waals surface area contributed by atoms with Crippen molar-refractivity contribution in [1.82, 2.24) is 10.6 Å². The molecule has 1 rings (SSSR count). The molecule has 0 aromatic carbocycles. The van der Waals surface area contributed by atoms with Gasteiger partial charge in [0.2, 0.25) is 5.91 Å². The molecule has 2 N–H and O–H groups in total. The average Bonchev–Trinajstić information content (AvgIpc) is 2.29. The number of nitrogens with one attached hydrogen (secondary N) is 2. The quantitative estimate of drug-likeness (QED) is 0.738. The van der Waals surface area contributed by atoms with Crippen LogP contribution in [0.5, 0.6) is 0 Å². The second kappa shape index (κ2) is 7.01. The van der Waals surface area contributed by atoms with Gasteiger partial charge in [-0.1, -0.05) is 13.3 Å².